The third-order valence-corrected chi connectivity index (χ3v) is 6.45. The Morgan fingerprint density at radius 1 is 1.14 bits per heavy atom. The van der Waals surface area contributed by atoms with Crippen molar-refractivity contribution in [2.24, 2.45) is 0 Å². The molecule has 1 aliphatic heterocycles. The van der Waals surface area contributed by atoms with Crippen LogP contribution in [0.15, 0.2) is 59.1 Å². The monoisotopic (exact) mass is 473 g/mol. The van der Waals surface area contributed by atoms with Gasteiger partial charge in [0.2, 0.25) is 16.0 Å². The highest BCUT2D eigenvalue weighted by molar-refractivity contribution is 9.10. The molecular weight excluding hydrogens is 454 g/mol. The van der Waals surface area contributed by atoms with E-state index in [0.29, 0.717) is 5.95 Å². The van der Waals surface area contributed by atoms with Crippen LogP contribution in [-0.2, 0) is 10.0 Å². The first kappa shape index (κ1) is 19.7. The molecule has 7 nitrogen and oxygen atoms in total. The van der Waals surface area contributed by atoms with Crippen LogP contribution in [-0.4, -0.2) is 28.9 Å². The molecule has 1 aliphatic rings. The minimum absolute atomic E-state index is 0.0475. The van der Waals surface area contributed by atoms with E-state index < -0.39 is 10.0 Å². The van der Waals surface area contributed by atoms with E-state index in [-0.39, 0.29) is 17.7 Å². The molecule has 1 aromatic heterocycles. The highest BCUT2D eigenvalue weighted by atomic mass is 79.9. The molecule has 0 amide bonds. The van der Waals surface area contributed by atoms with Crippen molar-refractivity contribution in [1.29, 1.82) is 0 Å². The average molecular weight is 474 g/mol. The molecule has 2 heterocycles. The zero-order valence-corrected chi connectivity index (χ0v) is 18.3. The number of sulfonamides is 1. The van der Waals surface area contributed by atoms with Crippen molar-refractivity contribution < 1.29 is 8.42 Å². The van der Waals surface area contributed by atoms with Crippen molar-refractivity contribution in [3.63, 3.8) is 0 Å². The fourth-order valence-electron chi connectivity index (χ4n) is 3.05. The lowest BCUT2D eigenvalue weighted by Gasteiger charge is -2.24. The number of aromatic nitrogens is 3. The topological polar surface area (TPSA) is 88.9 Å². The van der Waals surface area contributed by atoms with Crippen molar-refractivity contribution in [2.45, 2.75) is 19.9 Å². The number of hydrogen-bond donors (Lipinski definition) is 2. The van der Waals surface area contributed by atoms with Crippen LogP contribution in [0, 0.1) is 6.92 Å². The summed E-state index contributed by atoms with van der Waals surface area (Å²) in [7, 11) is -3.47. The first-order valence-corrected chi connectivity index (χ1v) is 11.6. The molecule has 0 spiro atoms. The molecule has 0 saturated carbocycles. The third kappa shape index (κ3) is 4.20. The van der Waals surface area contributed by atoms with Crippen molar-refractivity contribution in [2.75, 3.05) is 15.8 Å². The van der Waals surface area contributed by atoms with Gasteiger partial charge in [0.05, 0.1) is 5.75 Å². The van der Waals surface area contributed by atoms with Gasteiger partial charge in [-0.1, -0.05) is 57.9 Å². The Kier molecular flexibility index (Phi) is 5.18. The largest absolute Gasteiger partial charge is 0.324 e. The molecule has 4 rings (SSSR count). The smallest absolute Gasteiger partial charge is 0.257 e. The van der Waals surface area contributed by atoms with Gasteiger partial charge >= 0.3 is 0 Å². The molecule has 0 fully saturated rings. The molecule has 0 radical (unpaired) electrons. The maximum absolute atomic E-state index is 12.0. The van der Waals surface area contributed by atoms with Crippen LogP contribution in [0.25, 0.3) is 5.70 Å². The standard InChI is InChI=1S/C20H20BrN5O2S/c1-3-29(27,28)25-19-23-20-22-17(14-8-10-16(21)11-9-14)12-18(26(20)24-19)15-6-4-13(2)5-7-15/h4-12,18H,3H2,1-2H3,(H2,22,23,24,25)/t18-/m1/s1. The van der Waals surface area contributed by atoms with Gasteiger partial charge in [0.15, 0.2) is 0 Å². The van der Waals surface area contributed by atoms with Gasteiger partial charge in [-0.15, -0.1) is 5.10 Å². The molecule has 150 valence electrons. The average Bonchev–Trinajstić information content (AvgIpc) is 3.10. The first-order chi connectivity index (χ1) is 13.8. The lowest BCUT2D eigenvalue weighted by atomic mass is 10.0. The number of fused-ring (bicyclic) bond motifs is 1. The van der Waals surface area contributed by atoms with Gasteiger partial charge in [0.25, 0.3) is 5.95 Å². The minimum atomic E-state index is -3.47. The van der Waals surface area contributed by atoms with Gasteiger partial charge in [-0.25, -0.2) is 17.8 Å². The number of rotatable bonds is 5. The lowest BCUT2D eigenvalue weighted by Crippen LogP contribution is -2.20. The van der Waals surface area contributed by atoms with Crippen LogP contribution in [0.5, 0.6) is 0 Å². The summed E-state index contributed by atoms with van der Waals surface area (Å²) in [6.07, 6.45) is 2.06. The van der Waals surface area contributed by atoms with Gasteiger partial charge in [-0.3, -0.25) is 0 Å². The van der Waals surface area contributed by atoms with E-state index in [1.54, 1.807) is 11.6 Å². The summed E-state index contributed by atoms with van der Waals surface area (Å²) in [5, 5.41) is 7.68. The molecule has 2 aromatic carbocycles. The predicted octanol–water partition coefficient (Wildman–Crippen LogP) is 4.17. The number of anilines is 2. The molecular formula is C20H20BrN5O2S. The Morgan fingerprint density at radius 2 is 1.83 bits per heavy atom. The maximum Gasteiger partial charge on any atom is 0.257 e. The number of allylic oxidation sites excluding steroid dienone is 1. The maximum atomic E-state index is 12.0. The molecule has 1 atom stereocenters. The predicted molar refractivity (Wildman–Crippen MR) is 118 cm³/mol. The van der Waals surface area contributed by atoms with Crippen LogP contribution in [0.2, 0.25) is 0 Å². The molecule has 2 N–H and O–H groups in total. The summed E-state index contributed by atoms with van der Waals surface area (Å²) in [5.41, 5.74) is 4.07. The number of aryl methyl sites for hydroxylation is 1. The minimum Gasteiger partial charge on any atom is -0.324 e. The summed E-state index contributed by atoms with van der Waals surface area (Å²) < 4.78 is 29.0. The molecule has 0 unspecified atom stereocenters. The van der Waals surface area contributed by atoms with Gasteiger partial charge in [0.1, 0.15) is 6.04 Å². The summed E-state index contributed by atoms with van der Waals surface area (Å²) in [4.78, 5) is 4.37. The number of nitrogens with zero attached hydrogens (tertiary/aromatic N) is 3. The summed E-state index contributed by atoms with van der Waals surface area (Å²) >= 11 is 3.46. The Morgan fingerprint density at radius 3 is 2.48 bits per heavy atom. The molecule has 29 heavy (non-hydrogen) atoms. The summed E-state index contributed by atoms with van der Waals surface area (Å²) in [6, 6.07) is 15.9. The van der Waals surface area contributed by atoms with Gasteiger partial charge in [-0.2, -0.15) is 4.98 Å². The van der Waals surface area contributed by atoms with E-state index in [1.165, 1.54) is 0 Å². The van der Waals surface area contributed by atoms with Crippen molar-refractivity contribution in [3.05, 3.63) is 75.8 Å². The van der Waals surface area contributed by atoms with Gasteiger partial charge < -0.3 is 5.32 Å². The SMILES string of the molecule is CCS(=O)(=O)Nc1nc2n(n1)[C@@H](c1ccc(C)cc1)C=C(c1ccc(Br)cc1)N2. The van der Waals surface area contributed by atoms with E-state index >= 15 is 0 Å². The van der Waals surface area contributed by atoms with E-state index in [4.69, 9.17) is 0 Å². The van der Waals surface area contributed by atoms with Crippen molar-refractivity contribution in [1.82, 2.24) is 14.8 Å². The normalized spacial score (nSPS) is 16.0. The highest BCUT2D eigenvalue weighted by Gasteiger charge is 2.26. The van der Waals surface area contributed by atoms with Gasteiger partial charge in [-0.05, 0) is 43.2 Å². The molecule has 9 heteroatoms. The lowest BCUT2D eigenvalue weighted by molar-refractivity contribution is 0.599. The van der Waals surface area contributed by atoms with E-state index in [9.17, 15) is 8.42 Å². The number of halogens is 1. The quantitative estimate of drug-likeness (QED) is 0.580. The number of benzene rings is 2. The van der Waals surface area contributed by atoms with E-state index in [2.05, 4.69) is 42.1 Å². The highest BCUT2D eigenvalue weighted by Crippen LogP contribution is 2.33. The first-order valence-electron chi connectivity index (χ1n) is 9.13. The fourth-order valence-corrected chi connectivity index (χ4v) is 3.82. The van der Waals surface area contributed by atoms with Gasteiger partial charge in [0, 0.05) is 10.2 Å². The molecule has 3 aromatic rings. The second-order valence-electron chi connectivity index (χ2n) is 6.78. The molecule has 0 bridgehead atoms. The third-order valence-electron chi connectivity index (χ3n) is 4.67. The Bertz CT molecular complexity index is 1170. The van der Waals surface area contributed by atoms with Crippen LogP contribution in [0.1, 0.15) is 29.7 Å². The van der Waals surface area contributed by atoms with Crippen LogP contribution >= 0.6 is 15.9 Å². The summed E-state index contributed by atoms with van der Waals surface area (Å²) in [5.74, 6) is 0.482. The zero-order valence-electron chi connectivity index (χ0n) is 15.9. The second-order valence-corrected chi connectivity index (χ2v) is 9.70. The van der Waals surface area contributed by atoms with Crippen LogP contribution in [0.3, 0.4) is 0 Å². The van der Waals surface area contributed by atoms with Crippen molar-refractivity contribution in [3.8, 4) is 0 Å². The van der Waals surface area contributed by atoms with Crippen LogP contribution < -0.4 is 10.0 Å². The Hall–Kier alpha value is -2.65. The van der Waals surface area contributed by atoms with E-state index in [0.717, 1.165) is 26.9 Å². The fraction of sp³-hybridized carbons (Fsp3) is 0.200. The van der Waals surface area contributed by atoms with E-state index in [1.807, 2.05) is 55.5 Å². The zero-order chi connectivity index (χ0) is 20.6. The molecule has 0 aliphatic carbocycles. The summed E-state index contributed by atoms with van der Waals surface area (Å²) in [6.45, 7) is 3.60. The number of nitrogens with one attached hydrogen (secondary N) is 2. The second kappa shape index (κ2) is 7.64. The number of hydrogen-bond acceptors (Lipinski definition) is 5. The Labute approximate surface area is 178 Å². The van der Waals surface area contributed by atoms with Crippen LogP contribution in [0.4, 0.5) is 11.9 Å². The molecule has 0 saturated heterocycles. The van der Waals surface area contributed by atoms with Crippen molar-refractivity contribution >= 4 is 43.5 Å². The Balaban J connectivity index is 1.78.